The highest BCUT2D eigenvalue weighted by molar-refractivity contribution is 9.08. The van der Waals surface area contributed by atoms with Gasteiger partial charge in [0, 0.05) is 23.0 Å². The second-order valence-corrected chi connectivity index (χ2v) is 5.04. The first-order valence-corrected chi connectivity index (χ1v) is 7.22. The van der Waals surface area contributed by atoms with E-state index in [1.54, 1.807) is 6.07 Å². The summed E-state index contributed by atoms with van der Waals surface area (Å²) in [6, 6.07) is 10.4. The van der Waals surface area contributed by atoms with Crippen molar-refractivity contribution in [1.29, 1.82) is 0 Å². The number of alkyl halides is 1. The lowest BCUT2D eigenvalue weighted by Crippen LogP contribution is -1.95. The number of hydrogen-bond donors (Lipinski definition) is 0. The van der Waals surface area contributed by atoms with E-state index in [0.29, 0.717) is 11.1 Å². The first kappa shape index (κ1) is 14.5. The molecular weight excluding hydrogens is 322 g/mol. The highest BCUT2D eigenvalue weighted by atomic mass is 79.9. The molecule has 0 aliphatic rings. The summed E-state index contributed by atoms with van der Waals surface area (Å²) < 4.78 is 5.89. The Morgan fingerprint density at radius 3 is 2.60 bits per heavy atom. The number of non-ortho nitro benzene ring substituents is 1. The molecule has 0 atom stereocenters. The van der Waals surface area contributed by atoms with E-state index in [-0.39, 0.29) is 5.69 Å². The van der Waals surface area contributed by atoms with E-state index >= 15 is 0 Å². The van der Waals surface area contributed by atoms with Crippen LogP contribution in [0.1, 0.15) is 16.7 Å². The standard InChI is InChI=1S/C15H14BrNO3/c1-10-4-3-5-14(11(10)2)20-15-7-6-13(17(18)19)8-12(15)9-16/h3-8H,9H2,1-2H3. The van der Waals surface area contributed by atoms with Crippen LogP contribution in [0.5, 0.6) is 11.5 Å². The minimum Gasteiger partial charge on any atom is -0.457 e. The third-order valence-corrected chi connectivity index (χ3v) is 3.78. The van der Waals surface area contributed by atoms with Crippen molar-refractivity contribution in [3.05, 3.63) is 63.2 Å². The Kier molecular flexibility index (Phi) is 4.39. The average molecular weight is 336 g/mol. The number of nitro benzene ring substituents is 1. The third-order valence-electron chi connectivity index (χ3n) is 3.17. The zero-order chi connectivity index (χ0) is 14.7. The molecule has 0 fully saturated rings. The van der Waals surface area contributed by atoms with Crippen molar-refractivity contribution in [2.24, 2.45) is 0 Å². The van der Waals surface area contributed by atoms with E-state index in [0.717, 1.165) is 22.4 Å². The fourth-order valence-corrected chi connectivity index (χ4v) is 2.27. The highest BCUT2D eigenvalue weighted by Gasteiger charge is 2.12. The van der Waals surface area contributed by atoms with E-state index in [1.165, 1.54) is 12.1 Å². The monoisotopic (exact) mass is 335 g/mol. The number of halogens is 1. The van der Waals surface area contributed by atoms with Crippen LogP contribution in [0.15, 0.2) is 36.4 Å². The Morgan fingerprint density at radius 1 is 1.20 bits per heavy atom. The molecule has 0 bridgehead atoms. The van der Waals surface area contributed by atoms with Gasteiger partial charge >= 0.3 is 0 Å². The van der Waals surface area contributed by atoms with Gasteiger partial charge in [-0.25, -0.2) is 0 Å². The lowest BCUT2D eigenvalue weighted by atomic mass is 10.1. The van der Waals surface area contributed by atoms with E-state index in [9.17, 15) is 10.1 Å². The minimum absolute atomic E-state index is 0.0627. The molecule has 2 aromatic carbocycles. The summed E-state index contributed by atoms with van der Waals surface area (Å²) in [5.41, 5.74) is 3.02. The van der Waals surface area contributed by atoms with Gasteiger partial charge in [0.1, 0.15) is 11.5 Å². The van der Waals surface area contributed by atoms with Crippen molar-refractivity contribution >= 4 is 21.6 Å². The molecule has 5 heteroatoms. The molecule has 0 N–H and O–H groups in total. The zero-order valence-electron chi connectivity index (χ0n) is 11.2. The van der Waals surface area contributed by atoms with E-state index in [1.807, 2.05) is 32.0 Å². The van der Waals surface area contributed by atoms with Crippen LogP contribution in [0.4, 0.5) is 5.69 Å². The molecule has 0 aliphatic carbocycles. The van der Waals surface area contributed by atoms with Gasteiger partial charge in [-0.3, -0.25) is 10.1 Å². The molecule has 0 unspecified atom stereocenters. The van der Waals surface area contributed by atoms with Crippen LogP contribution in [0.25, 0.3) is 0 Å². The Hall–Kier alpha value is -1.88. The summed E-state index contributed by atoms with van der Waals surface area (Å²) in [6.45, 7) is 4.01. The summed E-state index contributed by atoms with van der Waals surface area (Å²) in [7, 11) is 0. The Balaban J connectivity index is 2.38. The van der Waals surface area contributed by atoms with Crippen molar-refractivity contribution < 1.29 is 9.66 Å². The number of rotatable bonds is 4. The predicted octanol–water partition coefficient (Wildman–Crippen LogP) is 4.90. The van der Waals surface area contributed by atoms with Crippen molar-refractivity contribution in [3.63, 3.8) is 0 Å². The number of nitrogens with zero attached hydrogens (tertiary/aromatic N) is 1. The summed E-state index contributed by atoms with van der Waals surface area (Å²) in [5.74, 6) is 1.39. The summed E-state index contributed by atoms with van der Waals surface area (Å²) >= 11 is 3.34. The maximum Gasteiger partial charge on any atom is 0.270 e. The van der Waals surface area contributed by atoms with E-state index in [2.05, 4.69) is 15.9 Å². The lowest BCUT2D eigenvalue weighted by molar-refractivity contribution is -0.384. The number of benzene rings is 2. The van der Waals surface area contributed by atoms with Gasteiger partial charge in [-0.2, -0.15) is 0 Å². The SMILES string of the molecule is Cc1cccc(Oc2ccc([N+](=O)[O-])cc2CBr)c1C. The Morgan fingerprint density at radius 2 is 1.95 bits per heavy atom. The molecule has 0 spiro atoms. The largest absolute Gasteiger partial charge is 0.457 e. The Labute approximate surface area is 125 Å². The molecule has 20 heavy (non-hydrogen) atoms. The molecule has 0 radical (unpaired) electrons. The molecule has 2 aromatic rings. The maximum absolute atomic E-state index is 10.8. The van der Waals surface area contributed by atoms with Gasteiger partial charge in [0.15, 0.2) is 0 Å². The minimum atomic E-state index is -0.409. The van der Waals surface area contributed by atoms with Crippen LogP contribution in [0.3, 0.4) is 0 Å². The molecule has 0 aliphatic heterocycles. The molecule has 2 rings (SSSR count). The van der Waals surface area contributed by atoms with Gasteiger partial charge in [0.2, 0.25) is 0 Å². The quantitative estimate of drug-likeness (QED) is 0.453. The van der Waals surface area contributed by atoms with Crippen LogP contribution in [-0.2, 0) is 5.33 Å². The van der Waals surface area contributed by atoms with E-state index in [4.69, 9.17) is 4.74 Å². The second kappa shape index (κ2) is 6.05. The molecule has 0 aromatic heterocycles. The van der Waals surface area contributed by atoms with Crippen LogP contribution < -0.4 is 4.74 Å². The molecule has 0 saturated heterocycles. The number of ether oxygens (including phenoxy) is 1. The van der Waals surface area contributed by atoms with Crippen LogP contribution in [0, 0.1) is 24.0 Å². The topological polar surface area (TPSA) is 52.4 Å². The second-order valence-electron chi connectivity index (χ2n) is 4.48. The number of nitro groups is 1. The molecule has 0 saturated carbocycles. The average Bonchev–Trinajstić information content (AvgIpc) is 2.44. The smallest absolute Gasteiger partial charge is 0.270 e. The maximum atomic E-state index is 10.8. The van der Waals surface area contributed by atoms with Crippen molar-refractivity contribution in [2.75, 3.05) is 0 Å². The first-order valence-electron chi connectivity index (χ1n) is 6.10. The Bertz CT molecular complexity index is 656. The normalized spacial score (nSPS) is 10.3. The highest BCUT2D eigenvalue weighted by Crippen LogP contribution is 2.32. The van der Waals surface area contributed by atoms with Crippen molar-refractivity contribution in [2.45, 2.75) is 19.2 Å². The summed E-state index contributed by atoms with van der Waals surface area (Å²) in [6.07, 6.45) is 0. The zero-order valence-corrected chi connectivity index (χ0v) is 12.8. The van der Waals surface area contributed by atoms with Gasteiger partial charge in [-0.05, 0) is 37.1 Å². The van der Waals surface area contributed by atoms with Crippen LogP contribution in [0.2, 0.25) is 0 Å². The first-order chi connectivity index (χ1) is 9.52. The lowest BCUT2D eigenvalue weighted by Gasteiger charge is -2.13. The van der Waals surface area contributed by atoms with Gasteiger partial charge in [-0.1, -0.05) is 28.1 Å². The number of hydrogen-bond acceptors (Lipinski definition) is 3. The van der Waals surface area contributed by atoms with Crippen LogP contribution in [-0.4, -0.2) is 4.92 Å². The van der Waals surface area contributed by atoms with Crippen molar-refractivity contribution in [1.82, 2.24) is 0 Å². The molecule has 0 amide bonds. The third kappa shape index (κ3) is 2.99. The van der Waals surface area contributed by atoms with Gasteiger partial charge < -0.3 is 4.74 Å². The van der Waals surface area contributed by atoms with E-state index < -0.39 is 4.92 Å². The molecule has 4 nitrogen and oxygen atoms in total. The molecular formula is C15H14BrNO3. The van der Waals surface area contributed by atoms with Gasteiger partial charge in [-0.15, -0.1) is 0 Å². The van der Waals surface area contributed by atoms with Crippen molar-refractivity contribution in [3.8, 4) is 11.5 Å². The van der Waals surface area contributed by atoms with Gasteiger partial charge in [0.25, 0.3) is 5.69 Å². The summed E-state index contributed by atoms with van der Waals surface area (Å²) in [4.78, 5) is 10.4. The summed E-state index contributed by atoms with van der Waals surface area (Å²) in [5, 5.41) is 11.3. The van der Waals surface area contributed by atoms with Gasteiger partial charge in [0.05, 0.1) is 4.92 Å². The number of aryl methyl sites for hydroxylation is 1. The molecule has 104 valence electrons. The fraction of sp³-hybridized carbons (Fsp3) is 0.200. The predicted molar refractivity (Wildman–Crippen MR) is 81.7 cm³/mol. The fourth-order valence-electron chi connectivity index (χ4n) is 1.84. The van der Waals surface area contributed by atoms with Crippen LogP contribution >= 0.6 is 15.9 Å². The molecule has 0 heterocycles.